The highest BCUT2D eigenvalue weighted by Crippen LogP contribution is 2.33. The highest BCUT2D eigenvalue weighted by molar-refractivity contribution is 5.94. The molecular weight excluding hydrogens is 397 g/mol. The SMILES string of the molecule is COc1cc2nc(-c3ccc(C)c(NC(=O)Cc4ccc(F)cc4)c3)[nH]c2cc1OC. The van der Waals surface area contributed by atoms with Crippen molar-refractivity contribution in [2.24, 2.45) is 0 Å². The number of hydrogen-bond donors (Lipinski definition) is 2. The van der Waals surface area contributed by atoms with Crippen molar-refractivity contribution in [3.8, 4) is 22.9 Å². The molecule has 0 atom stereocenters. The van der Waals surface area contributed by atoms with Crippen molar-refractivity contribution in [1.29, 1.82) is 0 Å². The summed E-state index contributed by atoms with van der Waals surface area (Å²) < 4.78 is 23.8. The van der Waals surface area contributed by atoms with Crippen molar-refractivity contribution in [2.75, 3.05) is 19.5 Å². The number of hydrogen-bond acceptors (Lipinski definition) is 4. The van der Waals surface area contributed by atoms with Crippen molar-refractivity contribution in [2.45, 2.75) is 13.3 Å². The van der Waals surface area contributed by atoms with Gasteiger partial charge < -0.3 is 19.8 Å². The number of nitrogens with one attached hydrogen (secondary N) is 2. The molecule has 0 unspecified atom stereocenters. The molecule has 0 fully saturated rings. The van der Waals surface area contributed by atoms with Crippen molar-refractivity contribution < 1.29 is 18.7 Å². The van der Waals surface area contributed by atoms with Gasteiger partial charge in [-0.1, -0.05) is 24.3 Å². The molecule has 0 aliphatic rings. The molecule has 4 rings (SSSR count). The van der Waals surface area contributed by atoms with Crippen molar-refractivity contribution in [3.05, 3.63) is 71.5 Å². The lowest BCUT2D eigenvalue weighted by Gasteiger charge is -2.10. The lowest BCUT2D eigenvalue weighted by atomic mass is 10.1. The fraction of sp³-hybridized carbons (Fsp3) is 0.167. The number of aryl methyl sites for hydroxylation is 1. The van der Waals surface area contributed by atoms with Gasteiger partial charge in [-0.2, -0.15) is 0 Å². The van der Waals surface area contributed by atoms with Gasteiger partial charge in [0.2, 0.25) is 5.91 Å². The number of carbonyl (C=O) groups excluding carboxylic acids is 1. The summed E-state index contributed by atoms with van der Waals surface area (Å²) in [5, 5.41) is 2.94. The lowest BCUT2D eigenvalue weighted by molar-refractivity contribution is -0.115. The van der Waals surface area contributed by atoms with E-state index in [9.17, 15) is 9.18 Å². The van der Waals surface area contributed by atoms with Gasteiger partial charge in [0, 0.05) is 23.4 Å². The van der Waals surface area contributed by atoms with Crippen molar-refractivity contribution in [1.82, 2.24) is 9.97 Å². The Labute approximate surface area is 179 Å². The van der Waals surface area contributed by atoms with Crippen LogP contribution in [0.5, 0.6) is 11.5 Å². The fourth-order valence-electron chi connectivity index (χ4n) is 3.36. The van der Waals surface area contributed by atoms with Gasteiger partial charge >= 0.3 is 0 Å². The number of rotatable bonds is 6. The van der Waals surface area contributed by atoms with Crippen LogP contribution in [0.15, 0.2) is 54.6 Å². The van der Waals surface area contributed by atoms with E-state index in [4.69, 9.17) is 9.47 Å². The highest BCUT2D eigenvalue weighted by atomic mass is 19.1. The zero-order valence-corrected chi connectivity index (χ0v) is 17.5. The first-order valence-corrected chi connectivity index (χ1v) is 9.74. The Morgan fingerprint density at radius 1 is 1.03 bits per heavy atom. The van der Waals surface area contributed by atoms with Crippen LogP contribution in [0.2, 0.25) is 0 Å². The van der Waals surface area contributed by atoms with Crippen LogP contribution in [-0.4, -0.2) is 30.1 Å². The molecule has 1 amide bonds. The zero-order valence-electron chi connectivity index (χ0n) is 17.5. The minimum Gasteiger partial charge on any atom is -0.493 e. The summed E-state index contributed by atoms with van der Waals surface area (Å²) in [6.45, 7) is 1.92. The van der Waals surface area contributed by atoms with Crippen LogP contribution in [0.1, 0.15) is 11.1 Å². The summed E-state index contributed by atoms with van der Waals surface area (Å²) in [6.07, 6.45) is 0.161. The number of H-pyrrole nitrogens is 1. The molecule has 0 saturated carbocycles. The van der Waals surface area contributed by atoms with Crippen LogP contribution in [0.3, 0.4) is 0 Å². The second-order valence-electron chi connectivity index (χ2n) is 7.19. The zero-order chi connectivity index (χ0) is 22.0. The van der Waals surface area contributed by atoms with Gasteiger partial charge in [-0.05, 0) is 36.2 Å². The van der Waals surface area contributed by atoms with Gasteiger partial charge in [0.1, 0.15) is 11.6 Å². The van der Waals surface area contributed by atoms with E-state index < -0.39 is 0 Å². The first-order chi connectivity index (χ1) is 15.0. The number of anilines is 1. The Bertz CT molecular complexity index is 1210. The highest BCUT2D eigenvalue weighted by Gasteiger charge is 2.13. The largest absolute Gasteiger partial charge is 0.493 e. The molecule has 1 heterocycles. The van der Waals surface area contributed by atoms with E-state index >= 15 is 0 Å². The smallest absolute Gasteiger partial charge is 0.228 e. The quantitative estimate of drug-likeness (QED) is 0.467. The number of aromatic nitrogens is 2. The van der Waals surface area contributed by atoms with Gasteiger partial charge in [0.25, 0.3) is 0 Å². The fourth-order valence-corrected chi connectivity index (χ4v) is 3.36. The lowest BCUT2D eigenvalue weighted by Crippen LogP contribution is -2.15. The van der Waals surface area contributed by atoms with Crippen molar-refractivity contribution in [3.63, 3.8) is 0 Å². The van der Waals surface area contributed by atoms with Crippen LogP contribution in [0.25, 0.3) is 22.4 Å². The average molecular weight is 419 g/mol. The number of carbonyl (C=O) groups is 1. The monoisotopic (exact) mass is 419 g/mol. The van der Waals surface area contributed by atoms with Gasteiger partial charge in [0.05, 0.1) is 31.7 Å². The van der Waals surface area contributed by atoms with Gasteiger partial charge in [-0.25, -0.2) is 9.37 Å². The Morgan fingerprint density at radius 2 is 1.74 bits per heavy atom. The standard InChI is InChI=1S/C24H22FN3O3/c1-14-4-7-16(11-18(14)26-23(29)10-15-5-8-17(25)9-6-15)24-27-19-12-21(30-2)22(31-3)13-20(19)28-24/h4-9,11-13H,10H2,1-3H3,(H,26,29)(H,27,28). The van der Waals surface area contributed by atoms with E-state index in [1.165, 1.54) is 12.1 Å². The summed E-state index contributed by atoms with van der Waals surface area (Å²) >= 11 is 0. The summed E-state index contributed by atoms with van der Waals surface area (Å²) in [6, 6.07) is 15.3. The molecule has 0 aliphatic carbocycles. The minimum atomic E-state index is -0.325. The van der Waals surface area contributed by atoms with E-state index in [1.807, 2.05) is 37.3 Å². The number of amides is 1. The third-order valence-corrected chi connectivity index (χ3v) is 5.05. The first-order valence-electron chi connectivity index (χ1n) is 9.74. The molecule has 0 bridgehead atoms. The van der Waals surface area contributed by atoms with Crippen LogP contribution in [-0.2, 0) is 11.2 Å². The molecule has 0 saturated heterocycles. The van der Waals surface area contributed by atoms with Gasteiger partial charge in [-0.3, -0.25) is 4.79 Å². The Morgan fingerprint density at radius 3 is 2.45 bits per heavy atom. The summed E-state index contributed by atoms with van der Waals surface area (Å²) in [4.78, 5) is 20.4. The Kier molecular flexibility index (Phi) is 5.58. The molecule has 6 nitrogen and oxygen atoms in total. The number of fused-ring (bicyclic) bond motifs is 1. The van der Waals surface area contributed by atoms with E-state index in [-0.39, 0.29) is 18.1 Å². The Balaban J connectivity index is 1.59. The summed E-state index contributed by atoms with van der Waals surface area (Å²) in [7, 11) is 3.17. The molecule has 0 aliphatic heterocycles. The summed E-state index contributed by atoms with van der Waals surface area (Å²) in [5.74, 6) is 1.38. The van der Waals surface area contributed by atoms with E-state index in [0.29, 0.717) is 23.0 Å². The maximum Gasteiger partial charge on any atom is 0.228 e. The van der Waals surface area contributed by atoms with Crippen LogP contribution >= 0.6 is 0 Å². The topological polar surface area (TPSA) is 76.2 Å². The van der Waals surface area contributed by atoms with E-state index in [2.05, 4.69) is 15.3 Å². The number of ether oxygens (including phenoxy) is 2. The summed E-state index contributed by atoms with van der Waals surface area (Å²) in [5.41, 5.74) is 4.76. The molecule has 0 radical (unpaired) electrons. The number of aromatic amines is 1. The maximum atomic E-state index is 13.1. The third-order valence-electron chi connectivity index (χ3n) is 5.05. The molecule has 2 N–H and O–H groups in total. The third kappa shape index (κ3) is 4.35. The number of imidazole rings is 1. The van der Waals surface area contributed by atoms with Gasteiger partial charge in [0.15, 0.2) is 11.5 Å². The van der Waals surface area contributed by atoms with Gasteiger partial charge in [-0.15, -0.1) is 0 Å². The second-order valence-corrected chi connectivity index (χ2v) is 7.19. The first kappa shape index (κ1) is 20.4. The second kappa shape index (κ2) is 8.47. The molecule has 7 heteroatoms. The molecular formula is C24H22FN3O3. The van der Waals surface area contributed by atoms with E-state index in [1.54, 1.807) is 26.4 Å². The maximum absolute atomic E-state index is 13.1. The van der Waals surface area contributed by atoms with Crippen LogP contribution < -0.4 is 14.8 Å². The number of halogens is 1. The minimum absolute atomic E-state index is 0.161. The Hall–Kier alpha value is -3.87. The van der Waals surface area contributed by atoms with Crippen molar-refractivity contribution >= 4 is 22.6 Å². The molecule has 158 valence electrons. The molecule has 4 aromatic rings. The predicted octanol–water partition coefficient (Wildman–Crippen LogP) is 4.88. The number of methoxy groups -OCH3 is 2. The number of nitrogens with zero attached hydrogens (tertiary/aromatic N) is 1. The molecule has 1 aromatic heterocycles. The normalized spacial score (nSPS) is 10.8. The van der Waals surface area contributed by atoms with Crippen LogP contribution in [0, 0.1) is 12.7 Å². The van der Waals surface area contributed by atoms with Crippen LogP contribution in [0.4, 0.5) is 10.1 Å². The number of benzene rings is 3. The molecule has 0 spiro atoms. The molecule has 31 heavy (non-hydrogen) atoms. The van der Waals surface area contributed by atoms with E-state index in [0.717, 1.165) is 27.7 Å². The average Bonchev–Trinajstić information content (AvgIpc) is 3.18. The molecule has 3 aromatic carbocycles. The predicted molar refractivity (Wildman–Crippen MR) is 118 cm³/mol.